The predicted octanol–water partition coefficient (Wildman–Crippen LogP) is 3.15. The second kappa shape index (κ2) is 17.2. The smallest absolute Gasteiger partial charge is 0.363 e. The molecule has 17 heteroatoms. The second-order valence-electron chi connectivity index (χ2n) is 11.6. The lowest BCUT2D eigenvalue weighted by molar-refractivity contribution is -0.158. The number of hydrogen-bond donors (Lipinski definition) is 1. The zero-order valence-electron chi connectivity index (χ0n) is 29.0. The summed E-state index contributed by atoms with van der Waals surface area (Å²) in [5.74, 6) is -4.49. The molecule has 280 valence electrons. The van der Waals surface area contributed by atoms with E-state index in [4.69, 9.17) is 32.7 Å². The molecular weight excluding hydrogens is 715 g/mol. The van der Waals surface area contributed by atoms with Crippen LogP contribution in [0.2, 0.25) is 0 Å². The Morgan fingerprint density at radius 2 is 1.28 bits per heavy atom. The number of aliphatic hydroxyl groups excluding tert-OH is 1. The largest absolute Gasteiger partial charge is 0.452 e. The van der Waals surface area contributed by atoms with Crippen molar-refractivity contribution in [2.45, 2.75) is 43.6 Å². The molecule has 6 atom stereocenters. The van der Waals surface area contributed by atoms with Gasteiger partial charge in [0.05, 0.1) is 17.7 Å². The van der Waals surface area contributed by atoms with Crippen LogP contribution in [0.1, 0.15) is 42.9 Å². The molecule has 1 aliphatic heterocycles. The van der Waals surface area contributed by atoms with E-state index in [9.17, 15) is 33.6 Å². The molecule has 4 aromatic rings. The maximum atomic E-state index is 14.1. The Morgan fingerprint density at radius 3 is 1.77 bits per heavy atom. The lowest BCUT2D eigenvalue weighted by Crippen LogP contribution is -2.48. The molecule has 0 radical (unpaired) electrons. The lowest BCUT2D eigenvalue weighted by atomic mass is 10.1. The molecule has 0 saturated carbocycles. The summed E-state index contributed by atoms with van der Waals surface area (Å²) >= 11 is 0. The Kier molecular flexibility index (Phi) is 12.7. The number of rotatable bonds is 14. The Balaban J connectivity index is 1.64. The first-order valence-corrected chi connectivity index (χ1v) is 17.7. The zero-order chi connectivity index (χ0) is 38.3. The SMILES string of the molecule is COC(O)C(OCC1OC(n2cc(C)c(=O)n(C(=O)c3ccccc3)c2=O)C(OC(=O)c2ccccc2)C1OC(=O)c1ccccc1)P(=O)(OC)OC. The molecule has 16 nitrogen and oxygen atoms in total. The number of carbonyl (C=O) groups is 3. The molecule has 6 unspecified atom stereocenters. The van der Waals surface area contributed by atoms with Crippen molar-refractivity contribution in [1.29, 1.82) is 0 Å². The molecule has 3 aromatic carbocycles. The fourth-order valence-electron chi connectivity index (χ4n) is 5.56. The van der Waals surface area contributed by atoms with Gasteiger partial charge in [-0.15, -0.1) is 0 Å². The summed E-state index contributed by atoms with van der Waals surface area (Å²) in [5, 5.41) is 10.6. The lowest BCUT2D eigenvalue weighted by Gasteiger charge is -2.29. The molecule has 0 spiro atoms. The Hall–Kier alpha value is -5.06. The number of esters is 2. The first-order chi connectivity index (χ1) is 25.4. The highest BCUT2D eigenvalue weighted by Gasteiger charge is 2.53. The van der Waals surface area contributed by atoms with Crippen LogP contribution in [-0.2, 0) is 37.3 Å². The number of hydrogen-bond acceptors (Lipinski definition) is 14. The van der Waals surface area contributed by atoms with Crippen LogP contribution in [0.25, 0.3) is 0 Å². The van der Waals surface area contributed by atoms with Gasteiger partial charge in [-0.25, -0.2) is 14.4 Å². The summed E-state index contributed by atoms with van der Waals surface area (Å²) in [6.07, 6.45) is -7.04. The number of aromatic nitrogens is 2. The number of aliphatic hydroxyl groups is 1. The fourth-order valence-corrected chi connectivity index (χ4v) is 6.82. The van der Waals surface area contributed by atoms with Crippen molar-refractivity contribution >= 4 is 25.4 Å². The minimum absolute atomic E-state index is 0.0349. The van der Waals surface area contributed by atoms with E-state index in [2.05, 4.69) is 0 Å². The van der Waals surface area contributed by atoms with Crippen molar-refractivity contribution in [2.24, 2.45) is 0 Å². The van der Waals surface area contributed by atoms with E-state index >= 15 is 0 Å². The summed E-state index contributed by atoms with van der Waals surface area (Å²) < 4.78 is 53.6. The molecule has 1 N–H and O–H groups in total. The number of carbonyl (C=O) groups excluding carboxylic acids is 3. The summed E-state index contributed by atoms with van der Waals surface area (Å²) in [5.41, 5.74) is -1.90. The van der Waals surface area contributed by atoms with Crippen LogP contribution >= 0.6 is 7.60 Å². The van der Waals surface area contributed by atoms with Crippen LogP contribution in [0.4, 0.5) is 0 Å². The molecule has 1 aromatic heterocycles. The van der Waals surface area contributed by atoms with Gasteiger partial charge in [0.2, 0.25) is 5.85 Å². The second-order valence-corrected chi connectivity index (χ2v) is 13.9. The monoisotopic (exact) mass is 752 g/mol. The highest BCUT2D eigenvalue weighted by Crippen LogP contribution is 2.53. The Morgan fingerprint density at radius 1 is 0.792 bits per heavy atom. The quantitative estimate of drug-likeness (QED) is 0.112. The Bertz CT molecular complexity index is 2060. The molecule has 0 aliphatic carbocycles. The van der Waals surface area contributed by atoms with Crippen LogP contribution in [0, 0.1) is 6.92 Å². The molecule has 1 fully saturated rings. The van der Waals surface area contributed by atoms with E-state index in [1.807, 2.05) is 0 Å². The fraction of sp³-hybridized carbons (Fsp3) is 0.306. The maximum Gasteiger partial charge on any atom is 0.363 e. The number of benzene rings is 3. The van der Waals surface area contributed by atoms with E-state index in [1.165, 1.54) is 43.3 Å². The standard InChI is InChI=1S/C36H37N2O14P/c1-22-20-37(36(44)38(29(22)39)30(40)23-14-8-5-9-15-23)31-28(52-33(42)25-18-12-7-13-19-25)27(51-32(41)24-16-10-6-11-17-24)26(50-31)21-49-35(34(43)46-2)53(45,47-3)48-4/h5-20,26-28,31,34-35,43H,21H2,1-4H3. The molecule has 53 heavy (non-hydrogen) atoms. The topological polar surface area (TPSA) is 197 Å². The molecule has 2 heterocycles. The van der Waals surface area contributed by atoms with E-state index in [1.54, 1.807) is 54.6 Å². The highest BCUT2D eigenvalue weighted by molar-refractivity contribution is 7.54. The first kappa shape index (κ1) is 39.2. The van der Waals surface area contributed by atoms with Gasteiger partial charge in [0.25, 0.3) is 11.5 Å². The number of ether oxygens (including phenoxy) is 5. The average Bonchev–Trinajstić information content (AvgIpc) is 3.52. The summed E-state index contributed by atoms with van der Waals surface area (Å²) in [7, 11) is -0.968. The third-order valence-electron chi connectivity index (χ3n) is 8.31. The number of nitrogens with zero attached hydrogens (tertiary/aromatic N) is 2. The van der Waals surface area contributed by atoms with Gasteiger partial charge in [0, 0.05) is 38.7 Å². The molecule has 5 rings (SSSR count). The summed E-state index contributed by atoms with van der Waals surface area (Å²) in [4.78, 5) is 68.1. The zero-order valence-corrected chi connectivity index (χ0v) is 29.9. The van der Waals surface area contributed by atoms with Gasteiger partial charge < -0.3 is 37.8 Å². The van der Waals surface area contributed by atoms with Gasteiger partial charge in [-0.05, 0) is 43.3 Å². The van der Waals surface area contributed by atoms with E-state index in [0.717, 1.165) is 32.1 Å². The van der Waals surface area contributed by atoms with Crippen molar-refractivity contribution in [2.75, 3.05) is 27.9 Å². The summed E-state index contributed by atoms with van der Waals surface area (Å²) in [6.45, 7) is 0.713. The van der Waals surface area contributed by atoms with Crippen molar-refractivity contribution in [3.05, 3.63) is 140 Å². The molecular formula is C36H37N2O14P. The van der Waals surface area contributed by atoms with Crippen molar-refractivity contribution < 1.29 is 56.8 Å². The van der Waals surface area contributed by atoms with Crippen LogP contribution in [0.15, 0.2) is 107 Å². The minimum Gasteiger partial charge on any atom is -0.452 e. The highest BCUT2D eigenvalue weighted by atomic mass is 31.2. The normalized spacial score (nSPS) is 19.6. The van der Waals surface area contributed by atoms with Gasteiger partial charge in [-0.2, -0.15) is 4.57 Å². The molecule has 1 aliphatic rings. The van der Waals surface area contributed by atoms with Crippen molar-refractivity contribution in [3.8, 4) is 0 Å². The number of methoxy groups -OCH3 is 1. The van der Waals surface area contributed by atoms with E-state index in [-0.39, 0.29) is 22.3 Å². The van der Waals surface area contributed by atoms with Gasteiger partial charge in [0.1, 0.15) is 6.10 Å². The van der Waals surface area contributed by atoms with Gasteiger partial charge >= 0.3 is 25.2 Å². The van der Waals surface area contributed by atoms with Crippen LogP contribution in [0.3, 0.4) is 0 Å². The van der Waals surface area contributed by atoms with Crippen molar-refractivity contribution in [1.82, 2.24) is 9.13 Å². The third kappa shape index (κ3) is 8.45. The summed E-state index contributed by atoms with van der Waals surface area (Å²) in [6, 6.07) is 23.2. The van der Waals surface area contributed by atoms with Gasteiger partial charge in [0.15, 0.2) is 24.7 Å². The Labute approximate surface area is 302 Å². The van der Waals surface area contributed by atoms with Gasteiger partial charge in [-0.1, -0.05) is 54.6 Å². The molecule has 1 saturated heterocycles. The van der Waals surface area contributed by atoms with Crippen LogP contribution in [0.5, 0.6) is 0 Å². The molecule has 0 bridgehead atoms. The van der Waals surface area contributed by atoms with E-state index in [0.29, 0.717) is 4.57 Å². The first-order valence-electron chi connectivity index (χ1n) is 16.1. The van der Waals surface area contributed by atoms with Crippen LogP contribution < -0.4 is 11.2 Å². The average molecular weight is 753 g/mol. The maximum absolute atomic E-state index is 14.1. The van der Waals surface area contributed by atoms with Crippen molar-refractivity contribution in [3.63, 3.8) is 0 Å². The van der Waals surface area contributed by atoms with Crippen LogP contribution in [-0.4, -0.2) is 90.5 Å². The van der Waals surface area contributed by atoms with E-state index < -0.39 is 80.0 Å². The predicted molar refractivity (Wildman–Crippen MR) is 185 cm³/mol. The molecule has 0 amide bonds. The van der Waals surface area contributed by atoms with Gasteiger partial charge in [-0.3, -0.25) is 18.7 Å². The number of aryl methyl sites for hydroxylation is 1. The third-order valence-corrected chi connectivity index (χ3v) is 10.4. The minimum atomic E-state index is -4.21.